The Bertz CT molecular complexity index is 8.00. The molecule has 0 aromatic carbocycles. The molecule has 0 heterocycles. The Morgan fingerprint density at radius 2 is 2.25 bits per heavy atom. The average molecular weight is 77.1 g/mol. The maximum atomic E-state index is 5.04. The molecule has 4 heavy (non-hydrogen) atoms. The van der Waals surface area contributed by atoms with Crippen LogP contribution in [0.4, 0.5) is 0 Å². The third-order valence-corrected chi connectivity index (χ3v) is 0.612. The van der Waals surface area contributed by atoms with E-state index in [9.17, 15) is 0 Å². The third kappa shape index (κ3) is 2.39. The van der Waals surface area contributed by atoms with Crippen LogP contribution in [-0.4, -0.2) is 13.0 Å². The van der Waals surface area contributed by atoms with Crippen LogP contribution in [0.5, 0.6) is 0 Å². The number of hydrogen-bond acceptors (Lipinski definition) is 1. The van der Waals surface area contributed by atoms with Crippen LogP contribution in [0.3, 0.4) is 0 Å². The SMILES string of the molecule is CPCN. The normalized spacial score (nSPS) is 10.5. The van der Waals surface area contributed by atoms with E-state index >= 15 is 0 Å². The number of nitrogens with two attached hydrogens (primary N) is 1. The van der Waals surface area contributed by atoms with Gasteiger partial charge in [0.25, 0.3) is 0 Å². The van der Waals surface area contributed by atoms with Crippen LogP contribution >= 0.6 is 8.58 Å². The lowest BCUT2D eigenvalue weighted by atomic mass is 11.5. The van der Waals surface area contributed by atoms with Crippen LogP contribution < -0.4 is 5.73 Å². The zero-order chi connectivity index (χ0) is 3.41. The summed E-state index contributed by atoms with van der Waals surface area (Å²) in [6.07, 6.45) is 0.847. The lowest BCUT2D eigenvalue weighted by Crippen LogP contribution is -1.86. The maximum Gasteiger partial charge on any atom is 0.00962 e. The van der Waals surface area contributed by atoms with E-state index in [1.165, 1.54) is 0 Å². The molecular weight excluding hydrogens is 69.0 g/mol. The lowest BCUT2D eigenvalue weighted by molar-refractivity contribution is 1.39. The van der Waals surface area contributed by atoms with Crippen LogP contribution in [0.2, 0.25) is 0 Å². The van der Waals surface area contributed by atoms with Crippen LogP contribution in [0.25, 0.3) is 0 Å². The summed E-state index contributed by atoms with van der Waals surface area (Å²) >= 11 is 0. The molecular formula is C2H8NP. The number of hydrogen-bond donors (Lipinski definition) is 1. The Balaban J connectivity index is 1.97. The molecule has 0 fully saturated rings. The van der Waals surface area contributed by atoms with Crippen LogP contribution in [0.1, 0.15) is 0 Å². The molecule has 1 nitrogen and oxygen atoms in total. The molecule has 0 aliphatic rings. The molecule has 1 unspecified atom stereocenters. The Kier molecular flexibility index (Phi) is 3.72. The summed E-state index contributed by atoms with van der Waals surface area (Å²) in [6, 6.07) is 0. The zero-order valence-corrected chi connectivity index (χ0v) is 3.78. The van der Waals surface area contributed by atoms with E-state index in [1.54, 1.807) is 0 Å². The van der Waals surface area contributed by atoms with Crippen molar-refractivity contribution >= 4 is 8.58 Å². The Labute approximate surface area is 28.4 Å². The van der Waals surface area contributed by atoms with Crippen molar-refractivity contribution in [1.29, 1.82) is 0 Å². The van der Waals surface area contributed by atoms with Gasteiger partial charge in [-0.25, -0.2) is 0 Å². The van der Waals surface area contributed by atoms with Crippen molar-refractivity contribution in [2.24, 2.45) is 5.73 Å². The summed E-state index contributed by atoms with van der Waals surface area (Å²) in [4.78, 5) is 0. The summed E-state index contributed by atoms with van der Waals surface area (Å²) in [5, 5.41) is 0. The minimum absolute atomic E-state index is 0.847. The summed E-state index contributed by atoms with van der Waals surface area (Å²) in [5.41, 5.74) is 5.04. The first kappa shape index (κ1) is 4.39. The van der Waals surface area contributed by atoms with Crippen molar-refractivity contribution in [1.82, 2.24) is 0 Å². The molecule has 0 amide bonds. The van der Waals surface area contributed by atoms with E-state index in [1.807, 2.05) is 0 Å². The van der Waals surface area contributed by atoms with Gasteiger partial charge in [-0.3, -0.25) is 0 Å². The predicted octanol–water partition coefficient (Wildman–Crippen LogP) is 0.211. The van der Waals surface area contributed by atoms with Gasteiger partial charge in [-0.1, -0.05) is 0 Å². The molecule has 0 aliphatic carbocycles. The second-order valence-corrected chi connectivity index (χ2v) is 1.67. The second kappa shape index (κ2) is 3.39. The average Bonchev–Trinajstić information content (AvgIpc) is 1.37. The van der Waals surface area contributed by atoms with E-state index in [0.29, 0.717) is 0 Å². The minimum Gasteiger partial charge on any atom is -0.327 e. The molecule has 1 atom stereocenters. The largest absolute Gasteiger partial charge is 0.327 e. The van der Waals surface area contributed by atoms with Gasteiger partial charge in [-0.15, -0.1) is 8.58 Å². The van der Waals surface area contributed by atoms with Gasteiger partial charge in [0.15, 0.2) is 0 Å². The number of rotatable bonds is 1. The summed E-state index contributed by atoms with van der Waals surface area (Å²) in [6.45, 7) is 2.08. The zero-order valence-electron chi connectivity index (χ0n) is 2.78. The second-order valence-electron chi connectivity index (χ2n) is 0.558. The maximum absolute atomic E-state index is 5.04. The first-order valence-electron chi connectivity index (χ1n) is 1.26. The standard InChI is InChI=1S/C2H8NP/c1-4-2-3/h4H,2-3H2,1H3. The fourth-order valence-electron chi connectivity index (χ4n) is 0. The van der Waals surface area contributed by atoms with Crippen molar-refractivity contribution in [3.8, 4) is 0 Å². The Hall–Kier alpha value is 0.390. The third-order valence-electron chi connectivity index (χ3n) is 0.204. The first-order valence-corrected chi connectivity index (χ1v) is 2.97. The van der Waals surface area contributed by atoms with Gasteiger partial charge in [0.2, 0.25) is 0 Å². The highest BCUT2D eigenvalue weighted by molar-refractivity contribution is 7.36. The molecule has 0 radical (unpaired) electrons. The fraction of sp³-hybridized carbons (Fsp3) is 1.00. The predicted molar refractivity (Wildman–Crippen MR) is 23.3 cm³/mol. The highest BCUT2D eigenvalue weighted by Crippen LogP contribution is 1.90. The van der Waals surface area contributed by atoms with Crippen molar-refractivity contribution in [3.63, 3.8) is 0 Å². The molecule has 0 saturated heterocycles. The van der Waals surface area contributed by atoms with Gasteiger partial charge >= 0.3 is 0 Å². The van der Waals surface area contributed by atoms with Crippen molar-refractivity contribution in [2.45, 2.75) is 0 Å². The molecule has 0 rings (SSSR count). The monoisotopic (exact) mass is 77.0 g/mol. The topological polar surface area (TPSA) is 26.0 Å². The van der Waals surface area contributed by atoms with E-state index in [2.05, 4.69) is 6.66 Å². The highest BCUT2D eigenvalue weighted by atomic mass is 31.1. The van der Waals surface area contributed by atoms with Crippen molar-refractivity contribution < 1.29 is 0 Å². The quantitative estimate of drug-likeness (QED) is 0.445. The van der Waals surface area contributed by atoms with Crippen molar-refractivity contribution in [2.75, 3.05) is 13.0 Å². The van der Waals surface area contributed by atoms with E-state index in [4.69, 9.17) is 5.73 Å². The van der Waals surface area contributed by atoms with Gasteiger partial charge in [-0.2, -0.15) is 0 Å². The highest BCUT2D eigenvalue weighted by Gasteiger charge is 1.54. The van der Waals surface area contributed by atoms with E-state index in [-0.39, 0.29) is 0 Å². The molecule has 0 aromatic rings. The molecule has 2 N–H and O–H groups in total. The van der Waals surface area contributed by atoms with Gasteiger partial charge in [-0.05, 0) is 6.66 Å². The molecule has 0 bridgehead atoms. The summed E-state index contributed by atoms with van der Waals surface area (Å²) in [5.74, 6) is 0. The Morgan fingerprint density at radius 3 is 2.25 bits per heavy atom. The van der Waals surface area contributed by atoms with Crippen molar-refractivity contribution in [3.05, 3.63) is 0 Å². The smallest absolute Gasteiger partial charge is 0.00962 e. The Morgan fingerprint density at radius 1 is 2.00 bits per heavy atom. The minimum atomic E-state index is 0.847. The van der Waals surface area contributed by atoms with Crippen LogP contribution in [0.15, 0.2) is 0 Å². The fourth-order valence-corrected chi connectivity index (χ4v) is 0. The van der Waals surface area contributed by atoms with Crippen LogP contribution in [-0.2, 0) is 0 Å². The molecule has 0 aliphatic heterocycles. The van der Waals surface area contributed by atoms with Gasteiger partial charge in [0.05, 0.1) is 0 Å². The molecule has 0 spiro atoms. The van der Waals surface area contributed by atoms with Gasteiger partial charge < -0.3 is 5.73 Å². The van der Waals surface area contributed by atoms with Crippen LogP contribution in [0, 0.1) is 0 Å². The molecule has 0 saturated carbocycles. The lowest BCUT2D eigenvalue weighted by Gasteiger charge is -1.71. The molecule has 0 aromatic heterocycles. The van der Waals surface area contributed by atoms with E-state index in [0.717, 1.165) is 14.9 Å². The summed E-state index contributed by atoms with van der Waals surface area (Å²) in [7, 11) is 0.918. The van der Waals surface area contributed by atoms with Gasteiger partial charge in [0.1, 0.15) is 0 Å². The van der Waals surface area contributed by atoms with E-state index < -0.39 is 0 Å². The molecule has 26 valence electrons. The summed E-state index contributed by atoms with van der Waals surface area (Å²) < 4.78 is 0. The first-order chi connectivity index (χ1) is 1.91. The van der Waals surface area contributed by atoms with Gasteiger partial charge in [0, 0.05) is 6.29 Å². The molecule has 2 heteroatoms.